The molecule has 0 spiro atoms. The van der Waals surface area contributed by atoms with E-state index in [1.165, 1.54) is 0 Å². The Balaban J connectivity index is 1.78. The lowest BCUT2D eigenvalue weighted by Gasteiger charge is -2.09. The van der Waals surface area contributed by atoms with Gasteiger partial charge >= 0.3 is 0 Å². The number of hydrogen-bond donors (Lipinski definition) is 1. The highest BCUT2D eigenvalue weighted by molar-refractivity contribution is 6.08. The first-order valence-electron chi connectivity index (χ1n) is 8.11. The molecule has 0 atom stereocenters. The van der Waals surface area contributed by atoms with Crippen molar-refractivity contribution >= 4 is 17.4 Å². The second-order valence-electron chi connectivity index (χ2n) is 6.00. The van der Waals surface area contributed by atoms with E-state index >= 15 is 0 Å². The average Bonchev–Trinajstić information content (AvgIpc) is 3.11. The summed E-state index contributed by atoms with van der Waals surface area (Å²) in [5.41, 5.74) is 4.48. The van der Waals surface area contributed by atoms with E-state index in [0.29, 0.717) is 22.7 Å². The summed E-state index contributed by atoms with van der Waals surface area (Å²) in [5.74, 6) is 0.198. The van der Waals surface area contributed by atoms with Crippen molar-refractivity contribution in [3.8, 4) is 11.3 Å². The van der Waals surface area contributed by atoms with Crippen LogP contribution in [0, 0.1) is 13.8 Å². The first-order chi connectivity index (χ1) is 12.6. The van der Waals surface area contributed by atoms with Gasteiger partial charge in [-0.2, -0.15) is 5.10 Å². The lowest BCUT2D eigenvalue weighted by molar-refractivity contribution is 0.102. The number of carbonyl (C=O) groups is 1. The van der Waals surface area contributed by atoms with Crippen LogP contribution in [0.3, 0.4) is 0 Å². The summed E-state index contributed by atoms with van der Waals surface area (Å²) in [5, 5.41) is 7.36. The van der Waals surface area contributed by atoms with Crippen LogP contribution in [-0.4, -0.2) is 30.5 Å². The Kier molecular flexibility index (Phi) is 3.89. The number of nitrogens with zero attached hydrogens (tertiary/aromatic N) is 5. The molecule has 0 radical (unpaired) electrons. The third kappa shape index (κ3) is 2.90. The highest BCUT2D eigenvalue weighted by atomic mass is 16.1. The second kappa shape index (κ2) is 6.36. The van der Waals surface area contributed by atoms with Gasteiger partial charge in [0.2, 0.25) is 0 Å². The first kappa shape index (κ1) is 15.9. The summed E-state index contributed by atoms with van der Waals surface area (Å²) in [6.45, 7) is 3.92. The fourth-order valence-electron chi connectivity index (χ4n) is 2.67. The Morgan fingerprint density at radius 1 is 1.08 bits per heavy atom. The molecule has 1 amide bonds. The Morgan fingerprint density at radius 2 is 1.96 bits per heavy atom. The molecule has 0 aliphatic carbocycles. The minimum Gasteiger partial charge on any atom is -0.306 e. The number of carbonyl (C=O) groups excluding carboxylic acids is 1. The molecule has 0 saturated heterocycles. The van der Waals surface area contributed by atoms with E-state index in [-0.39, 0.29) is 5.91 Å². The summed E-state index contributed by atoms with van der Waals surface area (Å²) >= 11 is 0. The van der Waals surface area contributed by atoms with Crippen LogP contribution in [-0.2, 0) is 0 Å². The number of pyridine rings is 2. The monoisotopic (exact) mass is 344 g/mol. The first-order valence-corrected chi connectivity index (χ1v) is 8.11. The summed E-state index contributed by atoms with van der Waals surface area (Å²) in [6, 6.07) is 7.30. The molecule has 0 aliphatic heterocycles. The fourth-order valence-corrected chi connectivity index (χ4v) is 2.67. The number of anilines is 1. The normalized spacial score (nSPS) is 10.8. The number of fused-ring (bicyclic) bond motifs is 1. The molecule has 0 saturated carbocycles. The van der Waals surface area contributed by atoms with Gasteiger partial charge in [0.15, 0.2) is 5.65 Å². The number of imidazole rings is 1. The number of aryl methyl sites for hydroxylation is 2. The summed E-state index contributed by atoms with van der Waals surface area (Å²) in [6.07, 6.45) is 8.50. The summed E-state index contributed by atoms with van der Waals surface area (Å²) in [4.78, 5) is 25.5. The SMILES string of the molecule is Cc1ccc(NC(=O)c2cc(-c3cnccc3C)nn3ccnc23)nc1. The van der Waals surface area contributed by atoms with Crippen molar-refractivity contribution in [2.45, 2.75) is 13.8 Å². The van der Waals surface area contributed by atoms with E-state index in [1.807, 2.05) is 26.0 Å². The quantitative estimate of drug-likeness (QED) is 0.617. The van der Waals surface area contributed by atoms with Crippen molar-refractivity contribution < 1.29 is 4.79 Å². The lowest BCUT2D eigenvalue weighted by Crippen LogP contribution is -2.15. The molecule has 0 unspecified atom stereocenters. The van der Waals surface area contributed by atoms with Gasteiger partial charge in [-0.15, -0.1) is 0 Å². The van der Waals surface area contributed by atoms with Crippen molar-refractivity contribution in [3.05, 3.63) is 71.9 Å². The van der Waals surface area contributed by atoms with E-state index in [9.17, 15) is 4.79 Å². The molecule has 0 fully saturated rings. The van der Waals surface area contributed by atoms with Crippen LogP contribution >= 0.6 is 0 Å². The zero-order valence-electron chi connectivity index (χ0n) is 14.3. The zero-order valence-corrected chi connectivity index (χ0v) is 14.3. The second-order valence-corrected chi connectivity index (χ2v) is 6.00. The van der Waals surface area contributed by atoms with Crippen LogP contribution in [0.15, 0.2) is 55.2 Å². The molecule has 7 heteroatoms. The smallest absolute Gasteiger partial charge is 0.260 e. The standard InChI is InChI=1S/C19H16N6O/c1-12-3-4-17(22-10-12)23-19(26)14-9-16(15-11-20-6-5-13(15)2)24-25-8-7-21-18(14)25/h3-11H,1-2H3,(H,22,23,26). The molecule has 0 aliphatic rings. The molecule has 4 aromatic rings. The van der Waals surface area contributed by atoms with E-state index in [1.54, 1.807) is 47.6 Å². The van der Waals surface area contributed by atoms with Gasteiger partial charge in [-0.1, -0.05) is 6.07 Å². The van der Waals surface area contributed by atoms with Gasteiger partial charge in [-0.05, 0) is 43.2 Å². The Hall–Kier alpha value is -3.61. The van der Waals surface area contributed by atoms with E-state index in [0.717, 1.165) is 16.7 Å². The van der Waals surface area contributed by atoms with Crippen LogP contribution in [0.4, 0.5) is 5.82 Å². The Labute approximate surface area is 149 Å². The highest BCUT2D eigenvalue weighted by Crippen LogP contribution is 2.23. The van der Waals surface area contributed by atoms with Gasteiger partial charge in [0, 0.05) is 36.5 Å². The van der Waals surface area contributed by atoms with Crippen molar-refractivity contribution in [1.82, 2.24) is 24.6 Å². The predicted molar refractivity (Wildman–Crippen MR) is 97.9 cm³/mol. The van der Waals surface area contributed by atoms with Crippen LogP contribution in [0.2, 0.25) is 0 Å². The molecule has 4 heterocycles. The molecule has 1 N–H and O–H groups in total. The average molecular weight is 344 g/mol. The molecule has 4 aromatic heterocycles. The lowest BCUT2D eigenvalue weighted by atomic mass is 10.1. The van der Waals surface area contributed by atoms with E-state index in [4.69, 9.17) is 0 Å². The van der Waals surface area contributed by atoms with Gasteiger partial charge in [-0.25, -0.2) is 14.5 Å². The maximum Gasteiger partial charge on any atom is 0.260 e. The van der Waals surface area contributed by atoms with Gasteiger partial charge in [0.1, 0.15) is 5.82 Å². The van der Waals surface area contributed by atoms with Gasteiger partial charge in [0.05, 0.1) is 11.3 Å². The predicted octanol–water partition coefficient (Wildman–Crippen LogP) is 3.06. The van der Waals surface area contributed by atoms with Crippen LogP contribution in [0.25, 0.3) is 16.9 Å². The van der Waals surface area contributed by atoms with Crippen molar-refractivity contribution in [3.63, 3.8) is 0 Å². The largest absolute Gasteiger partial charge is 0.306 e. The molecule has 26 heavy (non-hydrogen) atoms. The Morgan fingerprint density at radius 3 is 2.73 bits per heavy atom. The van der Waals surface area contributed by atoms with E-state index in [2.05, 4.69) is 25.4 Å². The van der Waals surface area contributed by atoms with E-state index < -0.39 is 0 Å². The third-order valence-corrected chi connectivity index (χ3v) is 4.07. The van der Waals surface area contributed by atoms with Gasteiger partial charge < -0.3 is 5.32 Å². The topological polar surface area (TPSA) is 85.1 Å². The number of hydrogen-bond acceptors (Lipinski definition) is 5. The van der Waals surface area contributed by atoms with Crippen LogP contribution in [0.5, 0.6) is 0 Å². The third-order valence-electron chi connectivity index (χ3n) is 4.07. The fraction of sp³-hybridized carbons (Fsp3) is 0.105. The minimum absolute atomic E-state index is 0.289. The maximum absolute atomic E-state index is 12.8. The number of aromatic nitrogens is 5. The number of amides is 1. The zero-order chi connectivity index (χ0) is 18.1. The van der Waals surface area contributed by atoms with Crippen LogP contribution in [0.1, 0.15) is 21.5 Å². The number of nitrogens with one attached hydrogen (secondary N) is 1. The number of rotatable bonds is 3. The summed E-state index contributed by atoms with van der Waals surface area (Å²) < 4.78 is 1.60. The van der Waals surface area contributed by atoms with Crippen molar-refractivity contribution in [1.29, 1.82) is 0 Å². The maximum atomic E-state index is 12.8. The van der Waals surface area contributed by atoms with Gasteiger partial charge in [0.25, 0.3) is 5.91 Å². The van der Waals surface area contributed by atoms with Crippen molar-refractivity contribution in [2.24, 2.45) is 0 Å². The van der Waals surface area contributed by atoms with Gasteiger partial charge in [-0.3, -0.25) is 9.78 Å². The summed E-state index contributed by atoms with van der Waals surface area (Å²) in [7, 11) is 0. The highest BCUT2D eigenvalue weighted by Gasteiger charge is 2.17. The minimum atomic E-state index is -0.289. The molecule has 0 aromatic carbocycles. The van der Waals surface area contributed by atoms with Crippen LogP contribution < -0.4 is 5.32 Å². The molecule has 4 rings (SSSR count). The van der Waals surface area contributed by atoms with Crippen molar-refractivity contribution in [2.75, 3.05) is 5.32 Å². The molecule has 128 valence electrons. The molecular weight excluding hydrogens is 328 g/mol. The Bertz CT molecular complexity index is 1100. The molecule has 7 nitrogen and oxygen atoms in total. The molecular formula is C19H16N6O. The molecule has 0 bridgehead atoms.